The molecule has 0 rings (SSSR count). The third-order valence-corrected chi connectivity index (χ3v) is 3.52. The minimum absolute atomic E-state index is 0.202. The van der Waals surface area contributed by atoms with Gasteiger partial charge in [-0.15, -0.1) is 0 Å². The van der Waals surface area contributed by atoms with Crippen molar-refractivity contribution in [3.8, 4) is 0 Å². The van der Waals surface area contributed by atoms with Gasteiger partial charge in [0.05, 0.1) is 6.10 Å². The molecule has 0 saturated heterocycles. The molecule has 0 aromatic heterocycles. The van der Waals surface area contributed by atoms with Crippen molar-refractivity contribution in [3.63, 3.8) is 0 Å². The van der Waals surface area contributed by atoms with Crippen molar-refractivity contribution in [1.82, 2.24) is 0 Å². The van der Waals surface area contributed by atoms with Gasteiger partial charge in [0, 0.05) is 6.61 Å². The molecule has 0 aliphatic carbocycles. The average Bonchev–Trinajstić information content (AvgIpc) is 2.69. The first-order valence-electron chi connectivity index (χ1n) is 8.59. The van der Waals surface area contributed by atoms with Crippen LogP contribution in [-0.4, -0.2) is 112 Å². The Kier molecular flexibility index (Phi) is 18.8. The molecule has 0 aromatic carbocycles. The zero-order valence-electron chi connectivity index (χ0n) is 16.4. The first kappa shape index (κ1) is 32.3. The van der Waals surface area contributed by atoms with Gasteiger partial charge in [-0.2, -0.15) is 0 Å². The molecule has 0 spiro atoms. The highest BCUT2D eigenvalue weighted by Gasteiger charge is 2.30. The second kappa shape index (κ2) is 17.5. The van der Waals surface area contributed by atoms with E-state index in [1.165, 1.54) is 0 Å². The van der Waals surface area contributed by atoms with Crippen molar-refractivity contribution in [1.29, 1.82) is 0 Å². The smallest absolute Gasteiger partial charge is 0.335 e. The maximum absolute atomic E-state index is 9.77. The highest BCUT2D eigenvalue weighted by atomic mass is 16.4. The fourth-order valence-corrected chi connectivity index (χ4v) is 1.46. The van der Waals surface area contributed by atoms with Gasteiger partial charge < -0.3 is 51.1 Å². The minimum Gasteiger partial charge on any atom is -0.479 e. The maximum atomic E-state index is 9.77. The summed E-state index contributed by atoms with van der Waals surface area (Å²) in [5.41, 5.74) is 0. The van der Waals surface area contributed by atoms with Crippen molar-refractivity contribution >= 4 is 23.9 Å². The summed E-state index contributed by atoms with van der Waals surface area (Å²) in [4.78, 5) is 39.1. The van der Waals surface area contributed by atoms with Crippen molar-refractivity contribution in [3.05, 3.63) is 0 Å². The maximum Gasteiger partial charge on any atom is 0.335 e. The molecule has 30 heavy (non-hydrogen) atoms. The number of carboxylic acids is 4. The van der Waals surface area contributed by atoms with Gasteiger partial charge in [-0.25, -0.2) is 19.2 Å². The van der Waals surface area contributed by atoms with E-state index in [0.717, 1.165) is 19.3 Å². The summed E-state index contributed by atoms with van der Waals surface area (Å²) in [6.45, 7) is 4.19. The highest BCUT2D eigenvalue weighted by molar-refractivity contribution is 5.83. The highest BCUT2D eigenvalue weighted by Crippen LogP contribution is 2.11. The second-order valence-corrected chi connectivity index (χ2v) is 5.89. The lowest BCUT2D eigenvalue weighted by Crippen LogP contribution is -2.39. The van der Waals surface area contributed by atoms with Gasteiger partial charge in [0.15, 0.2) is 24.4 Å². The van der Waals surface area contributed by atoms with E-state index in [9.17, 15) is 24.3 Å². The molecule has 10 N–H and O–H groups in total. The average molecular weight is 446 g/mol. The van der Waals surface area contributed by atoms with Crippen LogP contribution in [0, 0.1) is 5.92 Å². The van der Waals surface area contributed by atoms with Crippen LogP contribution in [0.2, 0.25) is 0 Å². The molecule has 0 radical (unpaired) electrons. The molecule has 0 aromatic rings. The molecule has 0 amide bonds. The van der Waals surface area contributed by atoms with Crippen LogP contribution in [-0.2, 0) is 19.2 Å². The predicted octanol–water partition coefficient (Wildman–Crippen LogP) is -3.08. The van der Waals surface area contributed by atoms with Crippen molar-refractivity contribution in [2.75, 3.05) is 6.61 Å². The Balaban J connectivity index is -0.000000364. The summed E-state index contributed by atoms with van der Waals surface area (Å²) in [6.07, 6.45) is -6.81. The van der Waals surface area contributed by atoms with E-state index in [1.807, 2.05) is 13.8 Å². The molecule has 0 heterocycles. The molecular weight excluding hydrogens is 416 g/mol. The Hall–Kier alpha value is -2.36. The fourth-order valence-electron chi connectivity index (χ4n) is 1.46. The fraction of sp³-hybridized carbons (Fsp3) is 0.750. The van der Waals surface area contributed by atoms with Crippen molar-refractivity contribution in [2.24, 2.45) is 5.92 Å². The van der Waals surface area contributed by atoms with Crippen LogP contribution in [0.5, 0.6) is 0 Å². The van der Waals surface area contributed by atoms with Gasteiger partial charge in [0.1, 0.15) is 0 Å². The molecule has 0 aliphatic heterocycles. The normalized spacial score (nSPS) is 16.1. The Bertz CT molecular complexity index is 446. The van der Waals surface area contributed by atoms with Crippen molar-refractivity contribution in [2.45, 2.75) is 63.6 Å². The Labute approximate surface area is 171 Å². The molecule has 0 bridgehead atoms. The molecule has 178 valence electrons. The third-order valence-electron chi connectivity index (χ3n) is 3.52. The quantitative estimate of drug-likeness (QED) is 0.151. The van der Waals surface area contributed by atoms with E-state index in [0.29, 0.717) is 0 Å². The third kappa shape index (κ3) is 15.5. The van der Waals surface area contributed by atoms with Crippen LogP contribution < -0.4 is 0 Å². The van der Waals surface area contributed by atoms with E-state index < -0.39 is 48.3 Å². The Morgan fingerprint density at radius 2 is 0.867 bits per heavy atom. The summed E-state index contributed by atoms with van der Waals surface area (Å²) in [5.74, 6) is -6.79. The van der Waals surface area contributed by atoms with Gasteiger partial charge in [-0.05, 0) is 18.8 Å². The van der Waals surface area contributed by atoms with Gasteiger partial charge in [-0.1, -0.05) is 20.3 Å². The van der Waals surface area contributed by atoms with Crippen LogP contribution in [0.1, 0.15) is 33.1 Å². The SMILES string of the molecule is CCC(O)CC(CC)CO.O=C(O)C(O)C(O)C(=O)O.O=C(O)C(O)C(O)C(=O)O. The summed E-state index contributed by atoms with van der Waals surface area (Å²) in [7, 11) is 0. The van der Waals surface area contributed by atoms with E-state index in [4.69, 9.17) is 46.0 Å². The first-order valence-corrected chi connectivity index (χ1v) is 8.59. The van der Waals surface area contributed by atoms with E-state index in [1.54, 1.807) is 0 Å². The molecule has 6 unspecified atom stereocenters. The number of carbonyl (C=O) groups is 4. The topological polar surface area (TPSA) is 271 Å². The number of aliphatic carboxylic acids is 4. The Morgan fingerprint density at radius 3 is 1.00 bits per heavy atom. The van der Waals surface area contributed by atoms with Crippen LogP contribution in [0.4, 0.5) is 0 Å². The summed E-state index contributed by atoms with van der Waals surface area (Å²) >= 11 is 0. The zero-order valence-corrected chi connectivity index (χ0v) is 16.4. The number of aliphatic hydroxyl groups excluding tert-OH is 6. The molecule has 6 atom stereocenters. The van der Waals surface area contributed by atoms with E-state index >= 15 is 0 Å². The molecular formula is C16H30O14. The van der Waals surface area contributed by atoms with Crippen LogP contribution in [0.3, 0.4) is 0 Å². The van der Waals surface area contributed by atoms with Gasteiger partial charge in [0.25, 0.3) is 0 Å². The molecule has 0 aliphatic rings. The second-order valence-electron chi connectivity index (χ2n) is 5.89. The first-order chi connectivity index (χ1) is 13.7. The van der Waals surface area contributed by atoms with E-state index in [-0.39, 0.29) is 18.6 Å². The van der Waals surface area contributed by atoms with Crippen molar-refractivity contribution < 1.29 is 70.2 Å². The van der Waals surface area contributed by atoms with Crippen LogP contribution in [0.15, 0.2) is 0 Å². The number of hydrogen-bond acceptors (Lipinski definition) is 10. The molecule has 14 nitrogen and oxygen atoms in total. The van der Waals surface area contributed by atoms with Crippen LogP contribution in [0.25, 0.3) is 0 Å². The summed E-state index contributed by atoms with van der Waals surface area (Å²) < 4.78 is 0. The molecule has 14 heteroatoms. The number of carboxylic acid groups (broad SMARTS) is 4. The minimum atomic E-state index is -2.27. The lowest BCUT2D eigenvalue weighted by Gasteiger charge is -2.14. The summed E-state index contributed by atoms with van der Waals surface area (Å²) in [6, 6.07) is 0. The number of aliphatic hydroxyl groups is 6. The number of rotatable bonds is 11. The number of hydrogen-bond donors (Lipinski definition) is 10. The van der Waals surface area contributed by atoms with Gasteiger partial charge in [-0.3, -0.25) is 0 Å². The van der Waals surface area contributed by atoms with Crippen LogP contribution >= 0.6 is 0 Å². The Morgan fingerprint density at radius 1 is 0.600 bits per heavy atom. The van der Waals surface area contributed by atoms with E-state index in [2.05, 4.69) is 0 Å². The largest absolute Gasteiger partial charge is 0.479 e. The molecule has 0 fully saturated rings. The van der Waals surface area contributed by atoms with Gasteiger partial charge >= 0.3 is 23.9 Å². The zero-order chi connectivity index (χ0) is 24.6. The standard InChI is InChI=1S/C8H18O2.2C4H6O6/c1-3-7(6-9)5-8(10)4-2;2*5-1(3(7)8)2(6)4(9)10/h7-10H,3-6H2,1-2H3;2*1-2,5-6H,(H,7,8)(H,9,10). The predicted molar refractivity (Wildman–Crippen MR) is 96.4 cm³/mol. The lowest BCUT2D eigenvalue weighted by atomic mass is 9.99. The van der Waals surface area contributed by atoms with Gasteiger partial charge in [0.2, 0.25) is 0 Å². The molecule has 0 saturated carbocycles. The lowest BCUT2D eigenvalue weighted by molar-refractivity contribution is -0.165. The monoisotopic (exact) mass is 446 g/mol. The summed E-state index contributed by atoms with van der Waals surface area (Å²) in [5, 5.41) is 83.0.